The van der Waals surface area contributed by atoms with Crippen LogP contribution in [-0.2, 0) is 4.79 Å². The molecule has 1 amide bonds. The molecule has 0 bridgehead atoms. The van der Waals surface area contributed by atoms with Crippen LogP contribution >= 0.6 is 11.8 Å². The van der Waals surface area contributed by atoms with Crippen molar-refractivity contribution in [1.82, 2.24) is 5.43 Å². The van der Waals surface area contributed by atoms with Crippen molar-refractivity contribution in [3.63, 3.8) is 0 Å². The van der Waals surface area contributed by atoms with Crippen LogP contribution in [0.1, 0.15) is 18.4 Å². The molecule has 0 saturated heterocycles. The molecule has 88 valence electrons. The van der Waals surface area contributed by atoms with Gasteiger partial charge in [0.2, 0.25) is 5.91 Å². The van der Waals surface area contributed by atoms with E-state index in [1.54, 1.807) is 11.8 Å². The van der Waals surface area contributed by atoms with Gasteiger partial charge in [-0.25, -0.2) is 5.43 Å². The fraction of sp³-hybridized carbons (Fsp3) is 0.231. The average molecular weight is 246 g/mol. The summed E-state index contributed by atoms with van der Waals surface area (Å²) in [7, 11) is 0. The highest BCUT2D eigenvalue weighted by Gasteiger charge is 2.08. The Morgan fingerprint density at radius 3 is 2.59 bits per heavy atom. The largest absolute Gasteiger partial charge is 0.273 e. The Balaban J connectivity index is 2.02. The molecule has 0 radical (unpaired) electrons. The first-order chi connectivity index (χ1) is 8.28. The molecule has 1 aliphatic rings. The van der Waals surface area contributed by atoms with Crippen LogP contribution in [0, 0.1) is 0 Å². The highest BCUT2D eigenvalue weighted by molar-refractivity contribution is 7.98. The first-order valence-corrected chi connectivity index (χ1v) is 6.68. The summed E-state index contributed by atoms with van der Waals surface area (Å²) in [6.45, 7) is 0. The Hall–Kier alpha value is -1.55. The third kappa shape index (κ3) is 3.46. The molecule has 0 atom stereocenters. The molecule has 1 aromatic rings. The fourth-order valence-corrected chi connectivity index (χ4v) is 1.92. The number of hydrogen-bond acceptors (Lipinski definition) is 3. The van der Waals surface area contributed by atoms with E-state index in [0.717, 1.165) is 11.3 Å². The van der Waals surface area contributed by atoms with E-state index >= 15 is 0 Å². The predicted octanol–water partition coefficient (Wildman–Crippen LogP) is 2.69. The number of amides is 1. The summed E-state index contributed by atoms with van der Waals surface area (Å²) >= 11 is 1.73. The number of thioether (sulfide) groups is 1. The van der Waals surface area contributed by atoms with Gasteiger partial charge in [0.1, 0.15) is 0 Å². The van der Waals surface area contributed by atoms with E-state index in [2.05, 4.69) is 41.0 Å². The van der Waals surface area contributed by atoms with E-state index in [0.29, 0.717) is 12.8 Å². The molecular weight excluding hydrogens is 232 g/mol. The first kappa shape index (κ1) is 11.9. The number of benzene rings is 1. The van der Waals surface area contributed by atoms with Crippen molar-refractivity contribution in [1.29, 1.82) is 0 Å². The van der Waals surface area contributed by atoms with Crippen molar-refractivity contribution in [2.75, 3.05) is 6.26 Å². The number of carbonyl (C=O) groups is 1. The van der Waals surface area contributed by atoms with E-state index in [1.165, 1.54) is 4.90 Å². The normalized spacial score (nSPS) is 15.8. The van der Waals surface area contributed by atoms with Gasteiger partial charge in [0, 0.05) is 17.7 Å². The Morgan fingerprint density at radius 1 is 1.24 bits per heavy atom. The lowest BCUT2D eigenvalue weighted by molar-refractivity contribution is -0.121. The molecule has 0 fully saturated rings. The SMILES string of the molecule is CSc1ccc(C=CC2=NNC(=O)CC2)cc1. The Kier molecular flexibility index (Phi) is 3.98. The van der Waals surface area contributed by atoms with Gasteiger partial charge in [0.25, 0.3) is 0 Å². The molecule has 0 aliphatic carbocycles. The van der Waals surface area contributed by atoms with Crippen molar-refractivity contribution >= 4 is 29.5 Å². The van der Waals surface area contributed by atoms with Crippen LogP contribution in [0.2, 0.25) is 0 Å². The van der Waals surface area contributed by atoms with E-state index in [9.17, 15) is 4.79 Å². The quantitative estimate of drug-likeness (QED) is 0.833. The van der Waals surface area contributed by atoms with Gasteiger partial charge in [-0.2, -0.15) is 5.10 Å². The summed E-state index contributed by atoms with van der Waals surface area (Å²) in [5, 5.41) is 3.99. The van der Waals surface area contributed by atoms with Crippen LogP contribution in [0.4, 0.5) is 0 Å². The minimum atomic E-state index is -0.00789. The van der Waals surface area contributed by atoms with Gasteiger partial charge in [-0.3, -0.25) is 4.79 Å². The van der Waals surface area contributed by atoms with Gasteiger partial charge >= 0.3 is 0 Å². The summed E-state index contributed by atoms with van der Waals surface area (Å²) in [5.41, 5.74) is 4.54. The lowest BCUT2D eigenvalue weighted by Gasteiger charge is -2.08. The lowest BCUT2D eigenvalue weighted by atomic mass is 10.1. The van der Waals surface area contributed by atoms with Crippen molar-refractivity contribution in [3.8, 4) is 0 Å². The van der Waals surface area contributed by atoms with Gasteiger partial charge in [-0.1, -0.05) is 18.2 Å². The number of rotatable bonds is 3. The van der Waals surface area contributed by atoms with Crippen molar-refractivity contribution < 1.29 is 4.79 Å². The average Bonchev–Trinajstić information content (AvgIpc) is 2.39. The Morgan fingerprint density at radius 2 is 2.00 bits per heavy atom. The second kappa shape index (κ2) is 5.68. The summed E-state index contributed by atoms with van der Waals surface area (Å²) in [6.07, 6.45) is 7.26. The molecule has 4 heteroatoms. The maximum absolute atomic E-state index is 10.9. The number of hydrazone groups is 1. The molecule has 0 unspecified atom stereocenters. The molecule has 17 heavy (non-hydrogen) atoms. The molecule has 1 aromatic carbocycles. The van der Waals surface area contributed by atoms with Crippen LogP contribution in [0.15, 0.2) is 40.3 Å². The second-order valence-electron chi connectivity index (χ2n) is 3.74. The van der Waals surface area contributed by atoms with E-state index in [-0.39, 0.29) is 5.91 Å². The van der Waals surface area contributed by atoms with Crippen molar-refractivity contribution in [2.24, 2.45) is 5.10 Å². The minimum absolute atomic E-state index is 0.00789. The number of nitrogens with one attached hydrogen (secondary N) is 1. The summed E-state index contributed by atoms with van der Waals surface area (Å²) in [6, 6.07) is 8.33. The predicted molar refractivity (Wildman–Crippen MR) is 72.1 cm³/mol. The zero-order chi connectivity index (χ0) is 12.1. The zero-order valence-electron chi connectivity index (χ0n) is 9.64. The maximum atomic E-state index is 10.9. The van der Waals surface area contributed by atoms with Crippen LogP contribution < -0.4 is 5.43 Å². The van der Waals surface area contributed by atoms with Gasteiger partial charge < -0.3 is 0 Å². The molecule has 0 aromatic heterocycles. The second-order valence-corrected chi connectivity index (χ2v) is 4.62. The summed E-state index contributed by atoms with van der Waals surface area (Å²) < 4.78 is 0. The van der Waals surface area contributed by atoms with Crippen LogP contribution in [0.25, 0.3) is 6.08 Å². The minimum Gasteiger partial charge on any atom is -0.273 e. The first-order valence-electron chi connectivity index (χ1n) is 5.45. The van der Waals surface area contributed by atoms with Gasteiger partial charge in [-0.05, 0) is 30.0 Å². The highest BCUT2D eigenvalue weighted by atomic mass is 32.2. The maximum Gasteiger partial charge on any atom is 0.240 e. The Bertz CT molecular complexity index is 463. The topological polar surface area (TPSA) is 41.5 Å². The monoisotopic (exact) mass is 246 g/mol. The van der Waals surface area contributed by atoms with Crippen LogP contribution in [-0.4, -0.2) is 17.9 Å². The fourth-order valence-electron chi connectivity index (χ4n) is 1.52. The van der Waals surface area contributed by atoms with Crippen molar-refractivity contribution in [2.45, 2.75) is 17.7 Å². The van der Waals surface area contributed by atoms with Gasteiger partial charge in [0.05, 0.1) is 5.71 Å². The van der Waals surface area contributed by atoms with Crippen LogP contribution in [0.3, 0.4) is 0 Å². The molecule has 1 heterocycles. The molecular formula is C13H14N2OS. The lowest BCUT2D eigenvalue weighted by Crippen LogP contribution is -2.24. The number of allylic oxidation sites excluding steroid dienone is 1. The summed E-state index contributed by atoms with van der Waals surface area (Å²) in [4.78, 5) is 12.2. The molecule has 1 N–H and O–H groups in total. The number of nitrogens with zero attached hydrogens (tertiary/aromatic N) is 1. The molecule has 0 spiro atoms. The van der Waals surface area contributed by atoms with E-state index in [1.807, 2.05) is 12.2 Å². The standard InChI is InChI=1S/C13H14N2OS/c1-17-12-7-3-10(4-8-12)2-5-11-6-9-13(16)15-14-11/h2-5,7-8H,6,9H2,1H3,(H,15,16). The van der Waals surface area contributed by atoms with Crippen molar-refractivity contribution in [3.05, 3.63) is 35.9 Å². The highest BCUT2D eigenvalue weighted by Crippen LogP contribution is 2.15. The number of carbonyl (C=O) groups excluding carboxylic acids is 1. The molecule has 0 saturated carbocycles. The smallest absolute Gasteiger partial charge is 0.240 e. The third-order valence-corrected chi connectivity index (χ3v) is 3.26. The third-order valence-electron chi connectivity index (χ3n) is 2.52. The van der Waals surface area contributed by atoms with E-state index in [4.69, 9.17) is 0 Å². The molecule has 1 aliphatic heterocycles. The number of hydrogen-bond donors (Lipinski definition) is 1. The van der Waals surface area contributed by atoms with Gasteiger partial charge in [0.15, 0.2) is 0 Å². The van der Waals surface area contributed by atoms with E-state index < -0.39 is 0 Å². The van der Waals surface area contributed by atoms with Crippen LogP contribution in [0.5, 0.6) is 0 Å². The summed E-state index contributed by atoms with van der Waals surface area (Å²) in [5.74, 6) is -0.00789. The van der Waals surface area contributed by atoms with Gasteiger partial charge in [-0.15, -0.1) is 11.8 Å². The Labute approximate surface area is 105 Å². The zero-order valence-corrected chi connectivity index (χ0v) is 10.5. The molecule has 2 rings (SSSR count). The molecule has 3 nitrogen and oxygen atoms in total.